The number of anilines is 1. The van der Waals surface area contributed by atoms with Crippen molar-refractivity contribution in [3.05, 3.63) is 46.0 Å². The van der Waals surface area contributed by atoms with Gasteiger partial charge in [-0.15, -0.1) is 23.1 Å². The van der Waals surface area contributed by atoms with Crippen LogP contribution in [0.3, 0.4) is 0 Å². The smallest absolute Gasteiger partial charge is 0.258 e. The Morgan fingerprint density at radius 3 is 2.77 bits per heavy atom. The first kappa shape index (κ1) is 15.2. The van der Waals surface area contributed by atoms with Crippen molar-refractivity contribution in [2.45, 2.75) is 25.7 Å². The Morgan fingerprint density at radius 1 is 1.27 bits per heavy atom. The minimum Gasteiger partial charge on any atom is -0.357 e. The van der Waals surface area contributed by atoms with Gasteiger partial charge in [0, 0.05) is 21.2 Å². The number of hydrogen-bond donors (Lipinski definition) is 2. The van der Waals surface area contributed by atoms with Crippen molar-refractivity contribution >= 4 is 44.9 Å². The molecule has 0 spiro atoms. The van der Waals surface area contributed by atoms with E-state index in [-0.39, 0.29) is 5.91 Å². The highest BCUT2D eigenvalue weighted by Gasteiger charge is 2.20. The third-order valence-electron chi connectivity index (χ3n) is 3.85. The lowest BCUT2D eigenvalue weighted by Crippen LogP contribution is -2.12. The Bertz CT molecular complexity index is 861. The molecule has 2 N–H and O–H groups in total. The molecule has 0 radical (unpaired) electrons. The molecule has 0 unspecified atom stereocenters. The Morgan fingerprint density at radius 2 is 2.05 bits per heavy atom. The van der Waals surface area contributed by atoms with Gasteiger partial charge in [-0.1, -0.05) is 6.07 Å². The third-order valence-corrected chi connectivity index (χ3v) is 5.80. The molecule has 0 aliphatic rings. The quantitative estimate of drug-likeness (QED) is 0.654. The van der Waals surface area contributed by atoms with Crippen LogP contribution in [0.1, 0.15) is 26.5 Å². The van der Waals surface area contributed by atoms with Gasteiger partial charge in [-0.25, -0.2) is 0 Å². The van der Waals surface area contributed by atoms with Gasteiger partial charge in [0.15, 0.2) is 0 Å². The summed E-state index contributed by atoms with van der Waals surface area (Å²) < 4.78 is 1.18. The average Bonchev–Trinajstić information content (AvgIpc) is 2.95. The molecule has 0 aliphatic carbocycles. The summed E-state index contributed by atoms with van der Waals surface area (Å²) in [6.07, 6.45) is 2.03. The van der Waals surface area contributed by atoms with Crippen LogP contribution in [0.5, 0.6) is 0 Å². The van der Waals surface area contributed by atoms with Crippen LogP contribution in [-0.2, 0) is 0 Å². The molecule has 3 nitrogen and oxygen atoms in total. The monoisotopic (exact) mass is 330 g/mol. The fraction of sp³-hybridized carbons (Fsp3) is 0.235. The number of aryl methyl sites for hydroxylation is 3. The van der Waals surface area contributed by atoms with Crippen molar-refractivity contribution in [3.8, 4) is 0 Å². The predicted octanol–water partition coefficient (Wildman–Crippen LogP) is 5.13. The summed E-state index contributed by atoms with van der Waals surface area (Å²) in [6, 6.07) is 7.90. The molecule has 3 rings (SSSR count). The normalized spacial score (nSPS) is 11.1. The molecule has 0 saturated heterocycles. The predicted molar refractivity (Wildman–Crippen MR) is 96.6 cm³/mol. The number of carbonyl (C=O) groups is 1. The minimum absolute atomic E-state index is 0.0525. The first-order valence-electron chi connectivity index (χ1n) is 7.05. The number of carbonyl (C=O) groups excluding carboxylic acids is 1. The standard InChI is InChI=1S/C17H18N2OS2/c1-9-10(2)18-15-14(11(3)22-16(9)15)17(20)19-12-6-5-7-13(8-12)21-4/h5-8,18H,1-4H3,(H,19,20). The second-order valence-corrected chi connectivity index (χ2v) is 7.40. The largest absolute Gasteiger partial charge is 0.357 e. The van der Waals surface area contributed by atoms with Gasteiger partial charge in [-0.2, -0.15) is 0 Å². The fourth-order valence-electron chi connectivity index (χ4n) is 2.55. The van der Waals surface area contributed by atoms with E-state index in [9.17, 15) is 4.79 Å². The van der Waals surface area contributed by atoms with E-state index >= 15 is 0 Å². The lowest BCUT2D eigenvalue weighted by molar-refractivity contribution is 0.102. The number of H-pyrrole nitrogens is 1. The summed E-state index contributed by atoms with van der Waals surface area (Å²) in [6.45, 7) is 6.13. The van der Waals surface area contributed by atoms with Crippen LogP contribution in [0.2, 0.25) is 0 Å². The van der Waals surface area contributed by atoms with Crippen molar-refractivity contribution in [1.82, 2.24) is 4.98 Å². The van der Waals surface area contributed by atoms with Gasteiger partial charge in [0.05, 0.1) is 15.8 Å². The molecular weight excluding hydrogens is 312 g/mol. The highest BCUT2D eigenvalue weighted by atomic mass is 32.2. The van der Waals surface area contributed by atoms with Crippen molar-refractivity contribution in [2.75, 3.05) is 11.6 Å². The molecule has 5 heteroatoms. The maximum absolute atomic E-state index is 12.7. The molecule has 3 aromatic rings. The first-order valence-corrected chi connectivity index (χ1v) is 9.09. The van der Waals surface area contributed by atoms with E-state index in [0.717, 1.165) is 32.2 Å². The van der Waals surface area contributed by atoms with Crippen molar-refractivity contribution < 1.29 is 4.79 Å². The Hall–Kier alpha value is -1.72. The number of benzene rings is 1. The zero-order valence-electron chi connectivity index (χ0n) is 13.0. The molecule has 114 valence electrons. The second-order valence-electron chi connectivity index (χ2n) is 5.30. The Labute approximate surface area is 138 Å². The Kier molecular flexibility index (Phi) is 4.02. The van der Waals surface area contributed by atoms with Crippen molar-refractivity contribution in [1.29, 1.82) is 0 Å². The lowest BCUT2D eigenvalue weighted by Gasteiger charge is -2.06. The summed E-state index contributed by atoms with van der Waals surface area (Å²) in [5.74, 6) is -0.0525. The van der Waals surface area contributed by atoms with E-state index < -0.39 is 0 Å². The minimum atomic E-state index is -0.0525. The number of hydrogen-bond acceptors (Lipinski definition) is 3. The fourth-order valence-corrected chi connectivity index (χ4v) is 4.17. The van der Waals surface area contributed by atoms with Gasteiger partial charge < -0.3 is 10.3 Å². The number of rotatable bonds is 3. The SMILES string of the molecule is CSc1cccc(NC(=O)c2c(C)sc3c(C)c(C)[nH]c23)c1. The molecule has 0 atom stereocenters. The van der Waals surface area contributed by atoms with Crippen LogP contribution in [0.15, 0.2) is 29.2 Å². The average molecular weight is 330 g/mol. The Balaban J connectivity index is 1.98. The molecule has 22 heavy (non-hydrogen) atoms. The van der Waals surface area contributed by atoms with Gasteiger partial charge in [-0.05, 0) is 50.8 Å². The van der Waals surface area contributed by atoms with E-state index in [2.05, 4.69) is 17.2 Å². The van der Waals surface area contributed by atoms with E-state index in [4.69, 9.17) is 0 Å². The van der Waals surface area contributed by atoms with Gasteiger partial charge >= 0.3 is 0 Å². The van der Waals surface area contributed by atoms with Gasteiger partial charge in [-0.3, -0.25) is 4.79 Å². The molecule has 1 aromatic carbocycles. The molecule has 1 amide bonds. The highest BCUT2D eigenvalue weighted by molar-refractivity contribution is 7.98. The van der Waals surface area contributed by atoms with Gasteiger partial charge in [0.2, 0.25) is 0 Å². The maximum Gasteiger partial charge on any atom is 0.258 e. The highest BCUT2D eigenvalue weighted by Crippen LogP contribution is 2.34. The first-order chi connectivity index (χ1) is 10.5. The summed E-state index contributed by atoms with van der Waals surface area (Å²) in [5, 5.41) is 3.02. The van der Waals surface area contributed by atoms with Gasteiger partial charge in [0.1, 0.15) is 0 Å². The summed E-state index contributed by atoms with van der Waals surface area (Å²) in [4.78, 5) is 18.2. The summed E-state index contributed by atoms with van der Waals surface area (Å²) in [7, 11) is 0. The number of aromatic nitrogens is 1. The van der Waals surface area contributed by atoms with Crippen LogP contribution in [0.25, 0.3) is 10.2 Å². The molecule has 0 saturated carbocycles. The lowest BCUT2D eigenvalue weighted by atomic mass is 10.2. The molecule has 0 bridgehead atoms. The number of aromatic amines is 1. The molecule has 0 fully saturated rings. The van der Waals surface area contributed by atoms with Crippen LogP contribution in [-0.4, -0.2) is 17.1 Å². The number of thioether (sulfide) groups is 1. The van der Waals surface area contributed by atoms with E-state index in [1.54, 1.807) is 23.1 Å². The zero-order chi connectivity index (χ0) is 15.9. The molecular formula is C17H18N2OS2. The summed E-state index contributed by atoms with van der Waals surface area (Å²) in [5.41, 5.74) is 4.89. The van der Waals surface area contributed by atoms with E-state index in [1.165, 1.54) is 10.3 Å². The molecule has 2 aromatic heterocycles. The number of nitrogens with one attached hydrogen (secondary N) is 2. The van der Waals surface area contributed by atoms with Crippen LogP contribution in [0.4, 0.5) is 5.69 Å². The topological polar surface area (TPSA) is 44.9 Å². The third kappa shape index (κ3) is 2.55. The molecule has 0 aliphatic heterocycles. The van der Waals surface area contributed by atoms with Crippen LogP contribution < -0.4 is 5.32 Å². The second kappa shape index (κ2) is 5.82. The van der Waals surface area contributed by atoms with E-state index in [0.29, 0.717) is 0 Å². The number of amides is 1. The van der Waals surface area contributed by atoms with Gasteiger partial charge in [0.25, 0.3) is 5.91 Å². The number of fused-ring (bicyclic) bond motifs is 1. The van der Waals surface area contributed by atoms with E-state index in [1.807, 2.05) is 44.4 Å². The maximum atomic E-state index is 12.7. The summed E-state index contributed by atoms with van der Waals surface area (Å²) >= 11 is 3.34. The molecule has 2 heterocycles. The van der Waals surface area contributed by atoms with Crippen molar-refractivity contribution in [2.24, 2.45) is 0 Å². The van der Waals surface area contributed by atoms with Crippen molar-refractivity contribution in [3.63, 3.8) is 0 Å². The zero-order valence-corrected chi connectivity index (χ0v) is 14.7. The number of thiophene rings is 1. The van der Waals surface area contributed by atoms with Crippen LogP contribution >= 0.6 is 23.1 Å². The van der Waals surface area contributed by atoms with Crippen LogP contribution in [0, 0.1) is 20.8 Å².